The first-order chi connectivity index (χ1) is 7.70. The highest BCUT2D eigenvalue weighted by Gasteiger charge is 2.51. The standard InChI is InChI=1S/C13H25N3/c1-11(2)15-5-6-16(9-12-7-14-8-12)13(10-15)3-4-13/h11-12,14H,3-10H2,1-2H3. The zero-order valence-electron chi connectivity index (χ0n) is 10.7. The van der Waals surface area contributed by atoms with Crippen LogP contribution in [0.5, 0.6) is 0 Å². The van der Waals surface area contributed by atoms with E-state index in [9.17, 15) is 0 Å². The summed E-state index contributed by atoms with van der Waals surface area (Å²) in [6.45, 7) is 12.4. The molecule has 1 aliphatic carbocycles. The van der Waals surface area contributed by atoms with Gasteiger partial charge in [-0.3, -0.25) is 9.80 Å². The van der Waals surface area contributed by atoms with Crippen molar-refractivity contribution in [2.45, 2.75) is 38.3 Å². The van der Waals surface area contributed by atoms with Crippen LogP contribution in [0, 0.1) is 5.92 Å². The third-order valence-corrected chi connectivity index (χ3v) is 4.73. The maximum Gasteiger partial charge on any atom is 0.0338 e. The average molecular weight is 223 g/mol. The van der Waals surface area contributed by atoms with Gasteiger partial charge >= 0.3 is 0 Å². The summed E-state index contributed by atoms with van der Waals surface area (Å²) in [7, 11) is 0. The van der Waals surface area contributed by atoms with Crippen molar-refractivity contribution >= 4 is 0 Å². The van der Waals surface area contributed by atoms with E-state index in [1.54, 1.807) is 0 Å². The molecule has 0 atom stereocenters. The van der Waals surface area contributed by atoms with Gasteiger partial charge in [-0.15, -0.1) is 0 Å². The van der Waals surface area contributed by atoms with Crippen LogP contribution >= 0.6 is 0 Å². The summed E-state index contributed by atoms with van der Waals surface area (Å²) < 4.78 is 0. The maximum absolute atomic E-state index is 3.39. The lowest BCUT2D eigenvalue weighted by Gasteiger charge is -2.46. The first-order valence-corrected chi connectivity index (χ1v) is 6.89. The maximum atomic E-state index is 3.39. The van der Waals surface area contributed by atoms with Crippen LogP contribution in [0.2, 0.25) is 0 Å². The Hall–Kier alpha value is -0.120. The summed E-state index contributed by atoms with van der Waals surface area (Å²) in [5.74, 6) is 0.933. The highest BCUT2D eigenvalue weighted by Crippen LogP contribution is 2.44. The molecule has 92 valence electrons. The number of nitrogens with one attached hydrogen (secondary N) is 1. The average Bonchev–Trinajstić information content (AvgIpc) is 2.94. The predicted octanol–water partition coefficient (Wildman–Crippen LogP) is 0.764. The molecule has 2 heterocycles. The molecule has 0 unspecified atom stereocenters. The minimum absolute atomic E-state index is 0.595. The number of hydrogen-bond donors (Lipinski definition) is 1. The van der Waals surface area contributed by atoms with Crippen LogP contribution in [0.25, 0.3) is 0 Å². The molecule has 3 heteroatoms. The van der Waals surface area contributed by atoms with E-state index in [2.05, 4.69) is 29.0 Å². The lowest BCUT2D eigenvalue weighted by atomic mass is 9.99. The lowest BCUT2D eigenvalue weighted by molar-refractivity contribution is 0.0262. The second kappa shape index (κ2) is 3.97. The highest BCUT2D eigenvalue weighted by atomic mass is 15.3. The molecule has 16 heavy (non-hydrogen) atoms. The Labute approximate surface area is 99.2 Å². The van der Waals surface area contributed by atoms with E-state index >= 15 is 0 Å². The van der Waals surface area contributed by atoms with Gasteiger partial charge in [-0.25, -0.2) is 0 Å². The Kier molecular flexibility index (Phi) is 2.73. The van der Waals surface area contributed by atoms with Crippen molar-refractivity contribution in [1.29, 1.82) is 0 Å². The van der Waals surface area contributed by atoms with Crippen molar-refractivity contribution in [3.63, 3.8) is 0 Å². The molecule has 3 rings (SSSR count). The molecule has 0 amide bonds. The summed E-state index contributed by atoms with van der Waals surface area (Å²) in [6.07, 6.45) is 2.88. The van der Waals surface area contributed by atoms with E-state index < -0.39 is 0 Å². The Morgan fingerprint density at radius 2 is 2.00 bits per heavy atom. The molecule has 3 aliphatic rings. The van der Waals surface area contributed by atoms with Gasteiger partial charge in [0, 0.05) is 50.8 Å². The molecule has 2 saturated heterocycles. The summed E-state index contributed by atoms with van der Waals surface area (Å²) in [6, 6.07) is 0.727. The van der Waals surface area contributed by atoms with Gasteiger partial charge in [0.15, 0.2) is 0 Å². The van der Waals surface area contributed by atoms with Gasteiger partial charge in [0.25, 0.3) is 0 Å². The molecule has 0 aromatic rings. The van der Waals surface area contributed by atoms with Crippen LogP contribution in [0.3, 0.4) is 0 Å². The third-order valence-electron chi connectivity index (χ3n) is 4.73. The number of rotatable bonds is 3. The zero-order chi connectivity index (χ0) is 11.2. The second-order valence-corrected chi connectivity index (χ2v) is 6.26. The quantitative estimate of drug-likeness (QED) is 0.762. The largest absolute Gasteiger partial charge is 0.316 e. The number of piperazine rings is 1. The summed E-state index contributed by atoms with van der Waals surface area (Å²) >= 11 is 0. The van der Waals surface area contributed by atoms with Gasteiger partial charge in [-0.2, -0.15) is 0 Å². The van der Waals surface area contributed by atoms with Crippen molar-refractivity contribution in [2.75, 3.05) is 39.3 Å². The van der Waals surface area contributed by atoms with Crippen LogP contribution in [-0.4, -0.2) is 60.6 Å². The molecule has 1 saturated carbocycles. The fourth-order valence-electron chi connectivity index (χ4n) is 3.18. The molecule has 3 nitrogen and oxygen atoms in total. The highest BCUT2D eigenvalue weighted by molar-refractivity contribution is 5.09. The smallest absolute Gasteiger partial charge is 0.0338 e. The van der Waals surface area contributed by atoms with Crippen molar-refractivity contribution in [3.8, 4) is 0 Å². The Morgan fingerprint density at radius 3 is 2.50 bits per heavy atom. The van der Waals surface area contributed by atoms with E-state index in [4.69, 9.17) is 0 Å². The van der Waals surface area contributed by atoms with Gasteiger partial charge in [0.05, 0.1) is 0 Å². The van der Waals surface area contributed by atoms with E-state index in [0.717, 1.165) is 12.0 Å². The fraction of sp³-hybridized carbons (Fsp3) is 1.00. The SMILES string of the molecule is CC(C)N1CCN(CC2CNC2)C2(CC2)C1. The van der Waals surface area contributed by atoms with Crippen molar-refractivity contribution < 1.29 is 0 Å². The Bertz CT molecular complexity index is 256. The minimum Gasteiger partial charge on any atom is -0.316 e. The molecular formula is C13H25N3. The summed E-state index contributed by atoms with van der Waals surface area (Å²) in [4.78, 5) is 5.47. The molecule has 0 aromatic heterocycles. The van der Waals surface area contributed by atoms with Crippen LogP contribution in [0.4, 0.5) is 0 Å². The first kappa shape index (κ1) is 11.0. The molecule has 1 spiro atoms. The Balaban J connectivity index is 1.59. The fourth-order valence-corrected chi connectivity index (χ4v) is 3.18. The second-order valence-electron chi connectivity index (χ2n) is 6.26. The van der Waals surface area contributed by atoms with Crippen molar-refractivity contribution in [1.82, 2.24) is 15.1 Å². The number of nitrogens with zero attached hydrogens (tertiary/aromatic N) is 2. The van der Waals surface area contributed by atoms with E-state index in [1.807, 2.05) is 0 Å². The lowest BCUT2D eigenvalue weighted by Crippen LogP contribution is -2.59. The normalized spacial score (nSPS) is 30.9. The zero-order valence-corrected chi connectivity index (χ0v) is 10.7. The first-order valence-electron chi connectivity index (χ1n) is 6.89. The van der Waals surface area contributed by atoms with Gasteiger partial charge in [0.1, 0.15) is 0 Å². The molecule has 0 bridgehead atoms. The molecule has 3 fully saturated rings. The monoisotopic (exact) mass is 223 g/mol. The third kappa shape index (κ3) is 1.89. The summed E-state index contributed by atoms with van der Waals surface area (Å²) in [5.41, 5.74) is 0.595. The predicted molar refractivity (Wildman–Crippen MR) is 66.6 cm³/mol. The van der Waals surface area contributed by atoms with Gasteiger partial charge < -0.3 is 5.32 Å². The van der Waals surface area contributed by atoms with Crippen LogP contribution in [0.1, 0.15) is 26.7 Å². The van der Waals surface area contributed by atoms with Gasteiger partial charge in [-0.05, 0) is 32.6 Å². The van der Waals surface area contributed by atoms with E-state index in [-0.39, 0.29) is 0 Å². The van der Waals surface area contributed by atoms with Gasteiger partial charge in [0.2, 0.25) is 0 Å². The van der Waals surface area contributed by atoms with E-state index in [1.165, 1.54) is 52.1 Å². The number of hydrogen-bond acceptors (Lipinski definition) is 3. The molecular weight excluding hydrogens is 198 g/mol. The van der Waals surface area contributed by atoms with Crippen molar-refractivity contribution in [2.24, 2.45) is 5.92 Å². The van der Waals surface area contributed by atoms with Gasteiger partial charge in [-0.1, -0.05) is 0 Å². The van der Waals surface area contributed by atoms with Crippen molar-refractivity contribution in [3.05, 3.63) is 0 Å². The van der Waals surface area contributed by atoms with Crippen LogP contribution in [-0.2, 0) is 0 Å². The van der Waals surface area contributed by atoms with Crippen LogP contribution < -0.4 is 5.32 Å². The topological polar surface area (TPSA) is 18.5 Å². The molecule has 0 aromatic carbocycles. The Morgan fingerprint density at radius 1 is 1.25 bits per heavy atom. The molecule has 0 radical (unpaired) electrons. The van der Waals surface area contributed by atoms with Crippen LogP contribution in [0.15, 0.2) is 0 Å². The minimum atomic E-state index is 0.595. The summed E-state index contributed by atoms with van der Waals surface area (Å²) in [5, 5.41) is 3.39. The molecule has 1 N–H and O–H groups in total. The molecule has 2 aliphatic heterocycles. The van der Waals surface area contributed by atoms with E-state index in [0.29, 0.717) is 5.54 Å².